The van der Waals surface area contributed by atoms with Crippen LogP contribution in [0.5, 0.6) is 0 Å². The highest BCUT2D eigenvalue weighted by Crippen LogP contribution is 2.46. The van der Waals surface area contributed by atoms with Gasteiger partial charge in [0.2, 0.25) is 0 Å². The van der Waals surface area contributed by atoms with E-state index in [2.05, 4.69) is 10.3 Å². The molecule has 0 radical (unpaired) electrons. The number of aromatic nitrogens is 2. The second-order valence-electron chi connectivity index (χ2n) is 10.1. The van der Waals surface area contributed by atoms with Crippen molar-refractivity contribution in [2.45, 2.75) is 30.6 Å². The molecule has 0 saturated carbocycles. The molecule has 5 atom stereocenters. The highest BCUT2D eigenvalue weighted by atomic mass is 32.2. The monoisotopic (exact) mass is 565 g/mol. The first-order valence-corrected chi connectivity index (χ1v) is 14.3. The minimum Gasteiger partial charge on any atom is -0.387 e. The average molecular weight is 566 g/mol. The van der Waals surface area contributed by atoms with E-state index < -0.39 is 59.2 Å². The van der Waals surface area contributed by atoms with E-state index in [1.165, 1.54) is 0 Å². The number of fused-ring (bicyclic) bond motifs is 10. The van der Waals surface area contributed by atoms with E-state index >= 15 is 0 Å². The van der Waals surface area contributed by atoms with E-state index in [-0.39, 0.29) is 11.1 Å². The SMILES string of the molecule is CS(=O)(=O)OC[C@H]1O[C@@H](n2c3ccccc3c3c4c(c5c6ccccc6[nH]c5c32)C(=O)NC4=O)[C@H](O)[C@@H](O)[C@@H]1O. The summed E-state index contributed by atoms with van der Waals surface area (Å²) in [7, 11) is -3.90. The molecule has 7 rings (SSSR count). The second kappa shape index (κ2) is 8.57. The molecule has 0 unspecified atom stereocenters. The Morgan fingerprint density at radius 3 is 2.27 bits per heavy atom. The Labute approximate surface area is 225 Å². The number of rotatable bonds is 4. The van der Waals surface area contributed by atoms with Gasteiger partial charge in [0.15, 0.2) is 6.23 Å². The van der Waals surface area contributed by atoms with Gasteiger partial charge in [0, 0.05) is 27.1 Å². The van der Waals surface area contributed by atoms with E-state index in [0.717, 1.165) is 6.26 Å². The van der Waals surface area contributed by atoms with Gasteiger partial charge < -0.3 is 29.6 Å². The lowest BCUT2D eigenvalue weighted by atomic mass is 9.96. The molecule has 2 aromatic heterocycles. The first-order valence-electron chi connectivity index (χ1n) is 12.5. The first-order chi connectivity index (χ1) is 19.1. The number of carbonyl (C=O) groups is 2. The van der Waals surface area contributed by atoms with E-state index in [1.807, 2.05) is 24.3 Å². The summed E-state index contributed by atoms with van der Waals surface area (Å²) < 4.78 is 35.8. The molecule has 40 heavy (non-hydrogen) atoms. The zero-order chi connectivity index (χ0) is 28.1. The zero-order valence-electron chi connectivity index (χ0n) is 20.9. The summed E-state index contributed by atoms with van der Waals surface area (Å²) in [6, 6.07) is 14.3. The van der Waals surface area contributed by atoms with Crippen LogP contribution in [0.1, 0.15) is 26.9 Å². The van der Waals surface area contributed by atoms with Crippen molar-refractivity contribution in [3.05, 3.63) is 59.7 Å². The fourth-order valence-electron chi connectivity index (χ4n) is 6.01. The third kappa shape index (κ3) is 3.46. The van der Waals surface area contributed by atoms with Gasteiger partial charge in [0.05, 0.1) is 40.5 Å². The highest BCUT2D eigenvalue weighted by molar-refractivity contribution is 7.85. The Hall–Kier alpha value is -3.85. The molecule has 2 aliphatic rings. The topological polar surface area (TPSA) is 180 Å². The molecule has 0 bridgehead atoms. The highest BCUT2D eigenvalue weighted by Gasteiger charge is 2.46. The molecule has 13 heteroatoms. The van der Waals surface area contributed by atoms with Crippen LogP contribution in [0.25, 0.3) is 43.6 Å². The number of aromatic amines is 1. The van der Waals surface area contributed by atoms with Gasteiger partial charge in [-0.25, -0.2) is 0 Å². The molecule has 4 heterocycles. The third-order valence-electron chi connectivity index (χ3n) is 7.67. The number of ether oxygens (including phenoxy) is 1. The Bertz CT molecular complexity index is 2010. The molecule has 0 spiro atoms. The van der Waals surface area contributed by atoms with Gasteiger partial charge in [-0.3, -0.25) is 19.1 Å². The van der Waals surface area contributed by atoms with Gasteiger partial charge in [-0.05, 0) is 12.1 Å². The maximum atomic E-state index is 13.2. The van der Waals surface area contributed by atoms with Crippen LogP contribution in [0.2, 0.25) is 0 Å². The normalized spacial score (nSPS) is 25.4. The Morgan fingerprint density at radius 2 is 1.55 bits per heavy atom. The Balaban J connectivity index is 1.58. The second-order valence-corrected chi connectivity index (χ2v) is 11.7. The van der Waals surface area contributed by atoms with Gasteiger partial charge in [-0.15, -0.1) is 0 Å². The Morgan fingerprint density at radius 1 is 0.900 bits per heavy atom. The lowest BCUT2D eigenvalue weighted by Gasteiger charge is -2.41. The number of nitrogens with zero attached hydrogens (tertiary/aromatic N) is 1. The van der Waals surface area contributed by atoms with E-state index in [1.54, 1.807) is 28.8 Å². The van der Waals surface area contributed by atoms with Crippen LogP contribution < -0.4 is 5.32 Å². The van der Waals surface area contributed by atoms with E-state index in [9.17, 15) is 33.3 Å². The van der Waals surface area contributed by atoms with Crippen molar-refractivity contribution >= 4 is 65.5 Å². The molecular weight excluding hydrogens is 542 g/mol. The number of benzene rings is 3. The fraction of sp³-hybridized carbons (Fsp3) is 0.259. The summed E-state index contributed by atoms with van der Waals surface area (Å²) in [5, 5.41) is 37.2. The summed E-state index contributed by atoms with van der Waals surface area (Å²) in [6.07, 6.45) is -6.86. The zero-order valence-corrected chi connectivity index (χ0v) is 21.7. The number of imide groups is 1. The maximum absolute atomic E-state index is 13.2. The molecule has 1 fully saturated rings. The number of amides is 2. The van der Waals surface area contributed by atoms with Gasteiger partial charge in [0.1, 0.15) is 24.4 Å². The quantitative estimate of drug-likeness (QED) is 0.158. The van der Waals surface area contributed by atoms with Crippen molar-refractivity contribution in [3.63, 3.8) is 0 Å². The van der Waals surface area contributed by atoms with Gasteiger partial charge in [0.25, 0.3) is 21.9 Å². The molecular formula is C27H23N3O9S. The van der Waals surface area contributed by atoms with E-state index in [0.29, 0.717) is 43.6 Å². The first kappa shape index (κ1) is 25.1. The molecule has 0 aliphatic carbocycles. The van der Waals surface area contributed by atoms with Gasteiger partial charge in [-0.2, -0.15) is 8.42 Å². The van der Waals surface area contributed by atoms with Gasteiger partial charge in [-0.1, -0.05) is 36.4 Å². The van der Waals surface area contributed by atoms with Crippen LogP contribution in [-0.4, -0.2) is 82.4 Å². The van der Waals surface area contributed by atoms with E-state index in [4.69, 9.17) is 8.92 Å². The third-order valence-corrected chi connectivity index (χ3v) is 8.24. The number of nitrogens with one attached hydrogen (secondary N) is 2. The lowest BCUT2D eigenvalue weighted by molar-refractivity contribution is -0.247. The van der Waals surface area contributed by atoms with Crippen molar-refractivity contribution < 1.29 is 42.2 Å². The summed E-state index contributed by atoms with van der Waals surface area (Å²) in [6.45, 7) is -0.606. The molecule has 3 aromatic carbocycles. The molecule has 5 N–H and O–H groups in total. The van der Waals surface area contributed by atoms with Crippen molar-refractivity contribution in [3.8, 4) is 0 Å². The van der Waals surface area contributed by atoms with Crippen molar-refractivity contribution in [2.75, 3.05) is 12.9 Å². The summed E-state index contributed by atoms with van der Waals surface area (Å²) in [4.78, 5) is 29.7. The van der Waals surface area contributed by atoms with Gasteiger partial charge >= 0.3 is 0 Å². The summed E-state index contributed by atoms with van der Waals surface area (Å²) >= 11 is 0. The smallest absolute Gasteiger partial charge is 0.264 e. The number of para-hydroxylation sites is 2. The minimum atomic E-state index is -3.90. The molecule has 12 nitrogen and oxygen atoms in total. The van der Waals surface area contributed by atoms with Crippen LogP contribution in [0.15, 0.2) is 48.5 Å². The van der Waals surface area contributed by atoms with Crippen LogP contribution in [0, 0.1) is 0 Å². The number of hydrogen-bond donors (Lipinski definition) is 5. The predicted molar refractivity (Wildman–Crippen MR) is 143 cm³/mol. The lowest BCUT2D eigenvalue weighted by Crippen LogP contribution is -2.56. The minimum absolute atomic E-state index is 0.176. The molecule has 2 amide bonds. The number of hydrogen-bond acceptors (Lipinski definition) is 9. The molecule has 2 aliphatic heterocycles. The average Bonchev–Trinajstić information content (AvgIpc) is 3.55. The van der Waals surface area contributed by atoms with Crippen LogP contribution in [0.4, 0.5) is 0 Å². The van der Waals surface area contributed by atoms with Crippen molar-refractivity contribution in [1.82, 2.24) is 14.9 Å². The molecule has 1 saturated heterocycles. The van der Waals surface area contributed by atoms with Crippen LogP contribution in [0.3, 0.4) is 0 Å². The van der Waals surface area contributed by atoms with Crippen LogP contribution in [-0.2, 0) is 19.0 Å². The summed E-state index contributed by atoms with van der Waals surface area (Å²) in [5.41, 5.74) is 2.54. The number of aliphatic hydroxyl groups excluding tert-OH is 3. The largest absolute Gasteiger partial charge is 0.387 e. The van der Waals surface area contributed by atoms with Crippen molar-refractivity contribution in [1.29, 1.82) is 0 Å². The summed E-state index contributed by atoms with van der Waals surface area (Å²) in [5.74, 6) is -1.10. The number of aliphatic hydroxyl groups is 3. The fourth-order valence-corrected chi connectivity index (χ4v) is 6.39. The molecule has 5 aromatic rings. The number of H-pyrrole nitrogens is 1. The standard InChI is InChI=1S/C27H23N3O9S/c1-40(36,37)38-10-15-22(31)23(32)24(33)27(39-15)30-14-9-5-3-7-12(14)17-19-18(25(34)29-26(19)35)16-11-6-2-4-8-13(11)28-20(16)21(17)30/h2-9,15,22-24,27-28,31-33H,10H2,1H3,(H,29,34,35)/t15-,22-,23+,24-,27-/m1/s1. The predicted octanol–water partition coefficient (Wildman–Crippen LogP) is 1.27. The Kier molecular flexibility index (Phi) is 5.39. The molecule has 206 valence electrons. The van der Waals surface area contributed by atoms with Crippen molar-refractivity contribution in [2.24, 2.45) is 0 Å². The number of carbonyl (C=O) groups excluding carboxylic acids is 2. The van der Waals surface area contributed by atoms with Crippen LogP contribution >= 0.6 is 0 Å². The maximum Gasteiger partial charge on any atom is 0.264 e.